The van der Waals surface area contributed by atoms with E-state index >= 15 is 0 Å². The molecule has 1 aromatic carbocycles. The molecule has 0 fully saturated rings. The highest BCUT2D eigenvalue weighted by molar-refractivity contribution is 5.64. The number of aromatic amines is 1. The van der Waals surface area contributed by atoms with E-state index in [1.165, 1.54) is 5.56 Å². The molecule has 1 heterocycles. The first kappa shape index (κ1) is 14.6. The fourth-order valence-corrected chi connectivity index (χ4v) is 2.18. The molecule has 0 unspecified atom stereocenters. The molecule has 1 aromatic heterocycles. The molecule has 0 radical (unpaired) electrons. The van der Waals surface area contributed by atoms with Gasteiger partial charge in [0.1, 0.15) is 11.4 Å². The number of aryl methyl sites for hydroxylation is 1. The van der Waals surface area contributed by atoms with Gasteiger partial charge in [0.05, 0.1) is 5.69 Å². The van der Waals surface area contributed by atoms with Crippen LogP contribution in [0.25, 0.3) is 11.3 Å². The molecule has 2 rings (SSSR count). The summed E-state index contributed by atoms with van der Waals surface area (Å²) in [5, 5.41) is 7.42. The average Bonchev–Trinajstić information content (AvgIpc) is 2.71. The average molecular weight is 273 g/mol. The summed E-state index contributed by atoms with van der Waals surface area (Å²) in [6.07, 6.45) is 0.831. The molecule has 0 atom stereocenters. The summed E-state index contributed by atoms with van der Waals surface area (Å²) in [4.78, 5) is 0. The Morgan fingerprint density at radius 1 is 1.20 bits per heavy atom. The van der Waals surface area contributed by atoms with Gasteiger partial charge in [-0.15, -0.1) is 0 Å². The van der Waals surface area contributed by atoms with Crippen molar-refractivity contribution >= 4 is 0 Å². The molecule has 0 spiro atoms. The van der Waals surface area contributed by atoms with Crippen molar-refractivity contribution in [3.8, 4) is 17.0 Å². The zero-order chi connectivity index (χ0) is 14.8. The van der Waals surface area contributed by atoms with E-state index in [2.05, 4.69) is 10.2 Å². The van der Waals surface area contributed by atoms with E-state index in [0.29, 0.717) is 6.54 Å². The first-order valence-corrected chi connectivity index (χ1v) is 6.94. The van der Waals surface area contributed by atoms with Gasteiger partial charge in [-0.05, 0) is 64.9 Å². The third-order valence-corrected chi connectivity index (χ3v) is 3.02. The molecule has 0 saturated carbocycles. The van der Waals surface area contributed by atoms with Crippen LogP contribution in [0.3, 0.4) is 0 Å². The number of nitrogens with zero attached hydrogens (tertiary/aromatic N) is 1. The Kier molecular flexibility index (Phi) is 4.14. The Balaban J connectivity index is 2.26. The monoisotopic (exact) mass is 273 g/mol. The predicted octanol–water partition coefficient (Wildman–Crippen LogP) is 3.06. The van der Waals surface area contributed by atoms with Crippen molar-refractivity contribution in [3.63, 3.8) is 0 Å². The lowest BCUT2D eigenvalue weighted by molar-refractivity contribution is 0.131. The van der Waals surface area contributed by atoms with Crippen LogP contribution in [-0.4, -0.2) is 22.3 Å². The summed E-state index contributed by atoms with van der Waals surface area (Å²) in [6, 6.07) is 8.04. The first-order valence-electron chi connectivity index (χ1n) is 6.94. The Morgan fingerprint density at radius 2 is 1.85 bits per heavy atom. The minimum absolute atomic E-state index is 0.185. The minimum Gasteiger partial charge on any atom is -0.488 e. The van der Waals surface area contributed by atoms with Crippen molar-refractivity contribution in [2.75, 3.05) is 6.54 Å². The molecule has 0 aliphatic carbocycles. The molecule has 0 saturated heterocycles. The van der Waals surface area contributed by atoms with E-state index in [1.807, 2.05) is 52.0 Å². The van der Waals surface area contributed by atoms with Crippen molar-refractivity contribution < 1.29 is 4.74 Å². The number of nitrogens with one attached hydrogen (secondary N) is 1. The highest BCUT2D eigenvalue weighted by atomic mass is 16.5. The van der Waals surface area contributed by atoms with Gasteiger partial charge < -0.3 is 10.5 Å². The van der Waals surface area contributed by atoms with E-state index in [0.717, 1.165) is 29.1 Å². The van der Waals surface area contributed by atoms with Crippen LogP contribution in [0, 0.1) is 6.92 Å². The van der Waals surface area contributed by atoms with Crippen molar-refractivity contribution in [3.05, 3.63) is 35.5 Å². The molecule has 0 amide bonds. The van der Waals surface area contributed by atoms with Crippen LogP contribution in [-0.2, 0) is 6.42 Å². The van der Waals surface area contributed by atoms with Crippen molar-refractivity contribution in [1.29, 1.82) is 0 Å². The summed E-state index contributed by atoms with van der Waals surface area (Å²) in [7, 11) is 0. The fraction of sp³-hybridized carbons (Fsp3) is 0.438. The summed E-state index contributed by atoms with van der Waals surface area (Å²) >= 11 is 0. The van der Waals surface area contributed by atoms with E-state index in [4.69, 9.17) is 10.5 Å². The summed E-state index contributed by atoms with van der Waals surface area (Å²) < 4.78 is 5.83. The number of aromatic nitrogens is 2. The van der Waals surface area contributed by atoms with Crippen LogP contribution in [0.15, 0.2) is 24.3 Å². The number of ether oxygens (including phenoxy) is 1. The number of hydrogen-bond acceptors (Lipinski definition) is 3. The number of rotatable bonds is 4. The third-order valence-electron chi connectivity index (χ3n) is 3.02. The Hall–Kier alpha value is -1.81. The second-order valence-corrected chi connectivity index (χ2v) is 5.95. The van der Waals surface area contributed by atoms with Gasteiger partial charge in [-0.2, -0.15) is 5.10 Å². The molecular weight excluding hydrogens is 250 g/mol. The number of nitrogens with two attached hydrogens (primary N) is 1. The fourth-order valence-electron chi connectivity index (χ4n) is 2.18. The highest BCUT2D eigenvalue weighted by Gasteiger charge is 2.14. The van der Waals surface area contributed by atoms with E-state index in [-0.39, 0.29) is 5.60 Å². The van der Waals surface area contributed by atoms with Crippen molar-refractivity contribution in [1.82, 2.24) is 10.2 Å². The van der Waals surface area contributed by atoms with Gasteiger partial charge in [0.25, 0.3) is 0 Å². The molecule has 4 nitrogen and oxygen atoms in total. The van der Waals surface area contributed by atoms with E-state index in [9.17, 15) is 0 Å². The number of H-pyrrole nitrogens is 1. The zero-order valence-electron chi connectivity index (χ0n) is 12.7. The molecule has 3 N–H and O–H groups in total. The summed E-state index contributed by atoms with van der Waals surface area (Å²) in [5.41, 5.74) is 9.82. The topological polar surface area (TPSA) is 63.9 Å². The summed E-state index contributed by atoms with van der Waals surface area (Å²) in [6.45, 7) is 8.77. The van der Waals surface area contributed by atoms with Gasteiger partial charge >= 0.3 is 0 Å². The van der Waals surface area contributed by atoms with E-state index in [1.54, 1.807) is 0 Å². The minimum atomic E-state index is -0.185. The van der Waals surface area contributed by atoms with Gasteiger partial charge in [0.2, 0.25) is 0 Å². The Morgan fingerprint density at radius 3 is 2.40 bits per heavy atom. The standard InChI is InChI=1S/C16H23N3O/c1-11-14(9-10-17)15(19-18-11)12-5-7-13(8-6-12)20-16(2,3)4/h5-8H,9-10,17H2,1-4H3,(H,18,19). The van der Waals surface area contributed by atoms with Crippen LogP contribution < -0.4 is 10.5 Å². The maximum absolute atomic E-state index is 5.83. The molecule has 20 heavy (non-hydrogen) atoms. The summed E-state index contributed by atoms with van der Waals surface area (Å²) in [5.74, 6) is 0.869. The second kappa shape index (κ2) is 5.67. The molecule has 108 valence electrons. The Labute approximate surface area is 120 Å². The van der Waals surface area contributed by atoms with Gasteiger partial charge in [-0.25, -0.2) is 0 Å². The molecule has 2 aromatic rings. The quantitative estimate of drug-likeness (QED) is 0.900. The molecule has 4 heteroatoms. The molecule has 0 aliphatic rings. The SMILES string of the molecule is Cc1[nH]nc(-c2ccc(OC(C)(C)C)cc2)c1CCN. The van der Waals surface area contributed by atoms with Crippen LogP contribution in [0.4, 0.5) is 0 Å². The van der Waals surface area contributed by atoms with Gasteiger partial charge in [0, 0.05) is 16.8 Å². The van der Waals surface area contributed by atoms with Crippen LogP contribution in [0.1, 0.15) is 32.0 Å². The van der Waals surface area contributed by atoms with Gasteiger partial charge in [-0.1, -0.05) is 0 Å². The number of hydrogen-bond donors (Lipinski definition) is 2. The maximum Gasteiger partial charge on any atom is 0.120 e. The Bertz CT molecular complexity index is 564. The second-order valence-electron chi connectivity index (χ2n) is 5.95. The van der Waals surface area contributed by atoms with Crippen LogP contribution in [0.5, 0.6) is 5.75 Å². The van der Waals surface area contributed by atoms with Crippen LogP contribution in [0.2, 0.25) is 0 Å². The molecule has 0 aliphatic heterocycles. The van der Waals surface area contributed by atoms with Crippen molar-refractivity contribution in [2.24, 2.45) is 5.73 Å². The smallest absolute Gasteiger partial charge is 0.120 e. The van der Waals surface area contributed by atoms with Crippen molar-refractivity contribution in [2.45, 2.75) is 39.7 Å². The van der Waals surface area contributed by atoms with Crippen LogP contribution >= 0.6 is 0 Å². The lowest BCUT2D eigenvalue weighted by Gasteiger charge is -2.21. The largest absolute Gasteiger partial charge is 0.488 e. The maximum atomic E-state index is 5.83. The van der Waals surface area contributed by atoms with Gasteiger partial charge in [0.15, 0.2) is 0 Å². The lowest BCUT2D eigenvalue weighted by atomic mass is 10.0. The normalized spacial score (nSPS) is 11.7. The molecule has 0 bridgehead atoms. The zero-order valence-corrected chi connectivity index (χ0v) is 12.7. The first-order chi connectivity index (χ1) is 9.40. The lowest BCUT2D eigenvalue weighted by Crippen LogP contribution is -2.22. The molecular formula is C16H23N3O. The highest BCUT2D eigenvalue weighted by Crippen LogP contribution is 2.27. The third kappa shape index (κ3) is 3.39. The van der Waals surface area contributed by atoms with E-state index < -0.39 is 0 Å². The number of benzene rings is 1. The predicted molar refractivity (Wildman–Crippen MR) is 81.9 cm³/mol. The van der Waals surface area contributed by atoms with Gasteiger partial charge in [-0.3, -0.25) is 5.10 Å².